The van der Waals surface area contributed by atoms with Crippen LogP contribution in [0.1, 0.15) is 44.1 Å². The Morgan fingerprint density at radius 1 is 1.24 bits per heavy atom. The monoisotopic (exact) mass is 283 g/mol. The van der Waals surface area contributed by atoms with Gasteiger partial charge in [0.15, 0.2) is 0 Å². The first-order valence-electron chi connectivity index (χ1n) is 7.97. The molecule has 4 saturated carbocycles. The number of carbonyl (C=O) groups excluding carboxylic acids is 1. The number of amides is 1. The summed E-state index contributed by atoms with van der Waals surface area (Å²) >= 11 is 0. The minimum absolute atomic E-state index is 0.124. The van der Waals surface area contributed by atoms with Gasteiger partial charge < -0.3 is 0 Å². The Labute approximate surface area is 125 Å². The second-order valence-electron chi connectivity index (χ2n) is 7.18. The molecule has 0 unspecified atom stereocenters. The van der Waals surface area contributed by atoms with Crippen LogP contribution in [0.2, 0.25) is 0 Å². The van der Waals surface area contributed by atoms with E-state index in [1.54, 1.807) is 18.6 Å². The topological polar surface area (TPSA) is 54.4 Å². The molecule has 0 atom stereocenters. The molecule has 5 rings (SSSR count). The maximum absolute atomic E-state index is 12.6. The van der Waals surface area contributed by atoms with E-state index >= 15 is 0 Å². The fourth-order valence-electron chi connectivity index (χ4n) is 5.13. The summed E-state index contributed by atoms with van der Waals surface area (Å²) < 4.78 is 0. The molecule has 1 heterocycles. The fraction of sp³-hybridized carbons (Fsp3) is 0.588. The predicted molar refractivity (Wildman–Crippen MR) is 80.6 cm³/mol. The summed E-state index contributed by atoms with van der Waals surface area (Å²) in [6, 6.07) is 3.79. The maximum Gasteiger partial charge on any atom is 0.246 e. The molecule has 4 nitrogen and oxygen atoms in total. The molecule has 4 aliphatic carbocycles. The predicted octanol–water partition coefficient (Wildman–Crippen LogP) is 2.75. The molecule has 1 N–H and O–H groups in total. The number of carbonyl (C=O) groups is 1. The molecule has 4 aliphatic rings. The van der Waals surface area contributed by atoms with E-state index in [4.69, 9.17) is 0 Å². The number of pyridine rings is 1. The molecule has 1 amide bonds. The van der Waals surface area contributed by atoms with Crippen molar-refractivity contribution in [3.63, 3.8) is 0 Å². The van der Waals surface area contributed by atoms with Crippen molar-refractivity contribution in [2.45, 2.75) is 38.5 Å². The van der Waals surface area contributed by atoms with Crippen LogP contribution < -0.4 is 5.43 Å². The van der Waals surface area contributed by atoms with Gasteiger partial charge in [-0.1, -0.05) is 6.07 Å². The third-order valence-electron chi connectivity index (χ3n) is 5.58. The molecule has 0 aromatic carbocycles. The van der Waals surface area contributed by atoms with Crippen LogP contribution in [0.4, 0.5) is 0 Å². The molecule has 0 radical (unpaired) electrons. The summed E-state index contributed by atoms with van der Waals surface area (Å²) in [5.41, 5.74) is 3.57. The van der Waals surface area contributed by atoms with Gasteiger partial charge in [-0.15, -0.1) is 0 Å². The number of rotatable bonds is 3. The van der Waals surface area contributed by atoms with Crippen LogP contribution in [-0.2, 0) is 4.79 Å². The van der Waals surface area contributed by atoms with E-state index < -0.39 is 0 Å². The average Bonchev–Trinajstić information content (AvgIpc) is 2.47. The number of hydrazone groups is 1. The molecule has 21 heavy (non-hydrogen) atoms. The molecule has 4 bridgehead atoms. The van der Waals surface area contributed by atoms with Crippen LogP contribution in [0.3, 0.4) is 0 Å². The van der Waals surface area contributed by atoms with Crippen molar-refractivity contribution in [1.29, 1.82) is 0 Å². The minimum atomic E-state index is -0.124. The fourth-order valence-corrected chi connectivity index (χ4v) is 5.13. The largest absolute Gasteiger partial charge is 0.273 e. The number of nitrogens with zero attached hydrogens (tertiary/aromatic N) is 2. The zero-order chi connectivity index (χ0) is 14.3. The Morgan fingerprint density at radius 3 is 2.48 bits per heavy atom. The molecule has 4 fully saturated rings. The van der Waals surface area contributed by atoms with Crippen molar-refractivity contribution in [3.05, 3.63) is 30.1 Å². The normalized spacial score (nSPS) is 37.0. The van der Waals surface area contributed by atoms with E-state index in [0.29, 0.717) is 0 Å². The Balaban J connectivity index is 1.44. The van der Waals surface area contributed by atoms with Gasteiger partial charge in [-0.05, 0) is 62.3 Å². The van der Waals surface area contributed by atoms with E-state index in [9.17, 15) is 4.79 Å². The summed E-state index contributed by atoms with van der Waals surface area (Å²) in [4.78, 5) is 16.7. The Bertz CT molecular complexity index is 531. The van der Waals surface area contributed by atoms with E-state index in [1.165, 1.54) is 19.3 Å². The lowest BCUT2D eigenvalue weighted by Crippen LogP contribution is -2.52. The highest BCUT2D eigenvalue weighted by molar-refractivity contribution is 5.85. The molecular weight excluding hydrogens is 262 g/mol. The second kappa shape index (κ2) is 4.93. The van der Waals surface area contributed by atoms with Crippen molar-refractivity contribution in [2.75, 3.05) is 0 Å². The van der Waals surface area contributed by atoms with Crippen LogP contribution in [0.25, 0.3) is 0 Å². The van der Waals surface area contributed by atoms with Crippen molar-refractivity contribution in [1.82, 2.24) is 10.4 Å². The van der Waals surface area contributed by atoms with Gasteiger partial charge in [0.25, 0.3) is 0 Å². The summed E-state index contributed by atoms with van der Waals surface area (Å²) in [5, 5.41) is 4.13. The van der Waals surface area contributed by atoms with Gasteiger partial charge in [0, 0.05) is 18.0 Å². The molecule has 110 valence electrons. The molecular formula is C17H21N3O. The SMILES string of the molecule is O=C(N/N=C\c1cccnc1)C12CC3CC(CC(C3)C1)C2. The highest BCUT2D eigenvalue weighted by Crippen LogP contribution is 2.60. The molecule has 0 saturated heterocycles. The number of nitrogens with one attached hydrogen (secondary N) is 1. The Hall–Kier alpha value is -1.71. The highest BCUT2D eigenvalue weighted by Gasteiger charge is 2.54. The number of hydrogen-bond donors (Lipinski definition) is 1. The van der Waals surface area contributed by atoms with Gasteiger partial charge in [0.2, 0.25) is 5.91 Å². The highest BCUT2D eigenvalue weighted by atomic mass is 16.2. The van der Waals surface area contributed by atoms with Gasteiger partial charge in [-0.2, -0.15) is 5.10 Å². The third-order valence-corrected chi connectivity index (χ3v) is 5.58. The minimum Gasteiger partial charge on any atom is -0.273 e. The average molecular weight is 283 g/mol. The van der Waals surface area contributed by atoms with Gasteiger partial charge in [-0.3, -0.25) is 9.78 Å². The van der Waals surface area contributed by atoms with Crippen molar-refractivity contribution in [2.24, 2.45) is 28.3 Å². The van der Waals surface area contributed by atoms with E-state index in [0.717, 1.165) is 42.6 Å². The standard InChI is InChI=1S/C17H21N3O/c21-16(20-19-11-12-2-1-3-18-10-12)17-7-13-4-14(8-17)6-15(5-13)9-17/h1-3,10-11,13-15H,4-9H2,(H,20,21)/b19-11-. The van der Waals surface area contributed by atoms with Crippen LogP contribution >= 0.6 is 0 Å². The van der Waals surface area contributed by atoms with Crippen molar-refractivity contribution < 1.29 is 4.79 Å². The first-order valence-corrected chi connectivity index (χ1v) is 7.97. The van der Waals surface area contributed by atoms with Crippen LogP contribution in [0.5, 0.6) is 0 Å². The molecule has 1 aromatic rings. The Kier molecular flexibility index (Phi) is 3.05. The molecule has 4 heteroatoms. The smallest absolute Gasteiger partial charge is 0.246 e. The Morgan fingerprint density at radius 2 is 1.90 bits per heavy atom. The number of hydrogen-bond acceptors (Lipinski definition) is 3. The van der Waals surface area contributed by atoms with Gasteiger partial charge in [0.05, 0.1) is 11.6 Å². The summed E-state index contributed by atoms with van der Waals surface area (Å²) in [6.07, 6.45) is 12.4. The van der Waals surface area contributed by atoms with Crippen molar-refractivity contribution in [3.8, 4) is 0 Å². The van der Waals surface area contributed by atoms with Crippen LogP contribution in [0.15, 0.2) is 29.6 Å². The molecule has 1 aromatic heterocycles. The van der Waals surface area contributed by atoms with E-state index in [2.05, 4.69) is 15.5 Å². The first kappa shape index (κ1) is 13.0. The van der Waals surface area contributed by atoms with Crippen LogP contribution in [0, 0.1) is 23.2 Å². The lowest BCUT2D eigenvalue weighted by Gasteiger charge is -2.55. The van der Waals surface area contributed by atoms with Crippen LogP contribution in [-0.4, -0.2) is 17.1 Å². The molecule has 0 aliphatic heterocycles. The quantitative estimate of drug-likeness (QED) is 0.685. The maximum atomic E-state index is 12.6. The lowest BCUT2D eigenvalue weighted by atomic mass is 9.49. The van der Waals surface area contributed by atoms with Gasteiger partial charge in [0.1, 0.15) is 0 Å². The zero-order valence-electron chi connectivity index (χ0n) is 12.2. The van der Waals surface area contributed by atoms with E-state index in [-0.39, 0.29) is 11.3 Å². The summed E-state index contributed by atoms with van der Waals surface area (Å²) in [7, 11) is 0. The molecule has 0 spiro atoms. The van der Waals surface area contributed by atoms with E-state index in [1.807, 2.05) is 12.1 Å². The van der Waals surface area contributed by atoms with Gasteiger partial charge in [-0.25, -0.2) is 5.43 Å². The summed E-state index contributed by atoms with van der Waals surface area (Å²) in [5.74, 6) is 2.49. The number of aromatic nitrogens is 1. The zero-order valence-corrected chi connectivity index (χ0v) is 12.2. The summed E-state index contributed by atoms with van der Waals surface area (Å²) in [6.45, 7) is 0. The second-order valence-corrected chi connectivity index (χ2v) is 7.18. The lowest BCUT2D eigenvalue weighted by molar-refractivity contribution is -0.146. The van der Waals surface area contributed by atoms with Crippen molar-refractivity contribution >= 4 is 12.1 Å². The van der Waals surface area contributed by atoms with Gasteiger partial charge >= 0.3 is 0 Å². The third kappa shape index (κ3) is 2.37. The first-order chi connectivity index (χ1) is 10.2.